The Balaban J connectivity index is 0.00000484. The number of carbonyl (C=O) groups is 2. The number of ketones is 1. The van der Waals surface area contributed by atoms with Gasteiger partial charge in [0, 0.05) is 31.0 Å². The van der Waals surface area contributed by atoms with Gasteiger partial charge in [-0.25, -0.2) is 0 Å². The van der Waals surface area contributed by atoms with E-state index < -0.39 is 0 Å². The Kier molecular flexibility index (Phi) is 7.95. The Labute approximate surface area is 143 Å². The smallest absolute Gasteiger partial charge is 0.219 e. The first-order valence-corrected chi connectivity index (χ1v) is 8.47. The lowest BCUT2D eigenvalue weighted by atomic mass is 9.80. The number of Topliss-reactive ketones (excluding diaryl/α,β-unsaturated/α-hetero) is 1. The number of piperidine rings is 1. The molecule has 1 N–H and O–H groups in total. The van der Waals surface area contributed by atoms with Crippen LogP contribution in [-0.4, -0.2) is 41.3 Å². The topological polar surface area (TPSA) is 49.4 Å². The van der Waals surface area contributed by atoms with Crippen LogP contribution in [0.3, 0.4) is 0 Å². The van der Waals surface area contributed by atoms with E-state index in [4.69, 9.17) is 0 Å². The molecule has 0 saturated carbocycles. The summed E-state index contributed by atoms with van der Waals surface area (Å²) in [4.78, 5) is 26.1. The molecule has 1 fully saturated rings. The fourth-order valence-electron chi connectivity index (χ4n) is 3.09. The molecule has 1 aliphatic rings. The molecule has 0 aromatic carbocycles. The summed E-state index contributed by atoms with van der Waals surface area (Å²) < 4.78 is 0. The van der Waals surface area contributed by atoms with Crippen LogP contribution in [0.2, 0.25) is 0 Å². The van der Waals surface area contributed by atoms with Crippen LogP contribution in [-0.2, 0) is 9.59 Å². The lowest BCUT2D eigenvalue weighted by Crippen LogP contribution is -2.52. The number of hydrogen-bond donors (Lipinski definition) is 1. The van der Waals surface area contributed by atoms with E-state index in [2.05, 4.69) is 26.1 Å². The zero-order chi connectivity index (χ0) is 17.1. The average Bonchev–Trinajstić information content (AvgIpc) is 2.35. The fraction of sp³-hybridized carbons (Fsp3) is 0.895. The molecule has 1 saturated heterocycles. The van der Waals surface area contributed by atoms with Gasteiger partial charge >= 0.3 is 0 Å². The van der Waals surface area contributed by atoms with Gasteiger partial charge in [0.05, 0.1) is 6.04 Å². The molecule has 0 aliphatic carbocycles. The molecule has 1 heterocycles. The molecule has 0 aromatic rings. The van der Waals surface area contributed by atoms with Gasteiger partial charge in [-0.05, 0) is 46.0 Å². The summed E-state index contributed by atoms with van der Waals surface area (Å²) in [5.41, 5.74) is -0.408. The Morgan fingerprint density at radius 2 is 1.57 bits per heavy atom. The maximum Gasteiger partial charge on any atom is 0.219 e. The summed E-state index contributed by atoms with van der Waals surface area (Å²) in [5.74, 6) is 0.965. The largest absolute Gasteiger partial charge is 0.343 e. The quantitative estimate of drug-likeness (QED) is 0.858. The molecule has 136 valence electrons. The van der Waals surface area contributed by atoms with Crippen LogP contribution < -0.4 is 5.32 Å². The SMILES string of the molecule is C.CC(=O)N1CCC(CC(NC(C)(C)C)C(=O)C(C)(C)C)CC1. The number of amides is 1. The van der Waals surface area contributed by atoms with Gasteiger partial charge in [0.1, 0.15) is 0 Å². The van der Waals surface area contributed by atoms with Crippen LogP contribution in [0.15, 0.2) is 0 Å². The molecule has 0 aromatic heterocycles. The molecule has 4 nitrogen and oxygen atoms in total. The van der Waals surface area contributed by atoms with E-state index in [0.717, 1.165) is 32.4 Å². The highest BCUT2D eigenvalue weighted by atomic mass is 16.2. The summed E-state index contributed by atoms with van der Waals surface area (Å²) in [6.07, 6.45) is 2.87. The Morgan fingerprint density at radius 1 is 1.09 bits per heavy atom. The lowest BCUT2D eigenvalue weighted by Gasteiger charge is -2.36. The molecule has 1 unspecified atom stereocenters. The highest BCUT2D eigenvalue weighted by molar-refractivity contribution is 5.88. The second kappa shape index (κ2) is 8.27. The first-order chi connectivity index (χ1) is 9.90. The van der Waals surface area contributed by atoms with Crippen molar-refractivity contribution in [1.82, 2.24) is 10.2 Å². The van der Waals surface area contributed by atoms with Crippen molar-refractivity contribution in [3.05, 3.63) is 0 Å². The van der Waals surface area contributed by atoms with Crippen molar-refractivity contribution < 1.29 is 9.59 Å². The van der Waals surface area contributed by atoms with Crippen molar-refractivity contribution in [2.24, 2.45) is 11.3 Å². The predicted octanol–water partition coefficient (Wildman–Crippen LogP) is 3.64. The molecular weight excluding hydrogens is 288 g/mol. The highest BCUT2D eigenvalue weighted by Crippen LogP contribution is 2.27. The molecule has 1 atom stereocenters. The van der Waals surface area contributed by atoms with Gasteiger partial charge in [0.25, 0.3) is 0 Å². The van der Waals surface area contributed by atoms with Crippen LogP contribution in [0.4, 0.5) is 0 Å². The van der Waals surface area contributed by atoms with E-state index in [0.29, 0.717) is 5.92 Å². The van der Waals surface area contributed by atoms with Crippen molar-refractivity contribution in [3.8, 4) is 0 Å². The van der Waals surface area contributed by atoms with Crippen molar-refractivity contribution in [2.45, 2.75) is 86.7 Å². The van der Waals surface area contributed by atoms with Crippen LogP contribution in [0.25, 0.3) is 0 Å². The third kappa shape index (κ3) is 7.47. The van der Waals surface area contributed by atoms with Crippen molar-refractivity contribution in [1.29, 1.82) is 0 Å². The van der Waals surface area contributed by atoms with E-state index in [1.54, 1.807) is 6.92 Å². The summed E-state index contributed by atoms with van der Waals surface area (Å²) in [7, 11) is 0. The monoisotopic (exact) mass is 326 g/mol. The number of rotatable bonds is 4. The standard InChI is InChI=1S/C18H34N2O2.CH4/c1-13(21)20-10-8-14(9-11-20)12-15(19-18(5,6)7)16(22)17(2,3)4;/h14-15,19H,8-12H2,1-7H3;1H4. The minimum Gasteiger partial charge on any atom is -0.343 e. The maximum atomic E-state index is 12.8. The fourth-order valence-corrected chi connectivity index (χ4v) is 3.09. The van der Waals surface area contributed by atoms with Crippen molar-refractivity contribution >= 4 is 11.7 Å². The van der Waals surface area contributed by atoms with Gasteiger partial charge in [-0.15, -0.1) is 0 Å². The van der Waals surface area contributed by atoms with E-state index in [9.17, 15) is 9.59 Å². The minimum absolute atomic E-state index is 0. The maximum absolute atomic E-state index is 12.8. The van der Waals surface area contributed by atoms with Gasteiger partial charge in [-0.2, -0.15) is 0 Å². The van der Waals surface area contributed by atoms with E-state index in [-0.39, 0.29) is 36.1 Å². The van der Waals surface area contributed by atoms with Gasteiger partial charge in [0.2, 0.25) is 5.91 Å². The summed E-state index contributed by atoms with van der Waals surface area (Å²) in [6, 6.07) is -0.103. The Bertz CT molecular complexity index is 397. The van der Waals surface area contributed by atoms with Gasteiger partial charge in [-0.1, -0.05) is 28.2 Å². The number of nitrogens with one attached hydrogen (secondary N) is 1. The second-order valence-corrected chi connectivity index (χ2v) is 8.75. The average molecular weight is 327 g/mol. The van der Waals surface area contributed by atoms with Gasteiger partial charge in [0.15, 0.2) is 5.78 Å². The Morgan fingerprint density at radius 3 is 1.91 bits per heavy atom. The summed E-state index contributed by atoms with van der Waals surface area (Å²) >= 11 is 0. The van der Waals surface area contributed by atoms with Gasteiger partial charge < -0.3 is 10.2 Å². The van der Waals surface area contributed by atoms with Crippen LogP contribution in [0, 0.1) is 11.3 Å². The normalized spacial score (nSPS) is 18.3. The van der Waals surface area contributed by atoms with E-state index in [1.807, 2.05) is 25.7 Å². The number of nitrogens with zero attached hydrogens (tertiary/aromatic N) is 1. The molecule has 4 heteroatoms. The Hall–Kier alpha value is -0.900. The molecule has 1 rings (SSSR count). The van der Waals surface area contributed by atoms with Crippen molar-refractivity contribution in [2.75, 3.05) is 13.1 Å². The van der Waals surface area contributed by atoms with E-state index >= 15 is 0 Å². The molecule has 0 spiro atoms. The number of carbonyl (C=O) groups excluding carboxylic acids is 2. The van der Waals surface area contributed by atoms with Crippen LogP contribution in [0.5, 0.6) is 0 Å². The highest BCUT2D eigenvalue weighted by Gasteiger charge is 2.34. The first-order valence-electron chi connectivity index (χ1n) is 8.47. The van der Waals surface area contributed by atoms with E-state index in [1.165, 1.54) is 0 Å². The van der Waals surface area contributed by atoms with Gasteiger partial charge in [-0.3, -0.25) is 9.59 Å². The van der Waals surface area contributed by atoms with Crippen LogP contribution >= 0.6 is 0 Å². The minimum atomic E-state index is -0.330. The third-order valence-electron chi connectivity index (χ3n) is 4.29. The molecule has 23 heavy (non-hydrogen) atoms. The first kappa shape index (κ1) is 22.1. The summed E-state index contributed by atoms with van der Waals surface area (Å²) in [6.45, 7) is 15.6. The molecular formula is C19H38N2O2. The number of hydrogen-bond acceptors (Lipinski definition) is 3. The predicted molar refractivity (Wildman–Crippen MR) is 97.5 cm³/mol. The molecule has 0 radical (unpaired) electrons. The molecule has 1 amide bonds. The molecule has 1 aliphatic heterocycles. The molecule has 0 bridgehead atoms. The number of likely N-dealkylation sites (tertiary alicyclic amines) is 1. The van der Waals surface area contributed by atoms with Crippen LogP contribution in [0.1, 0.15) is 75.2 Å². The van der Waals surface area contributed by atoms with Crippen molar-refractivity contribution in [3.63, 3.8) is 0 Å². The zero-order valence-electron chi connectivity index (χ0n) is 15.5. The lowest BCUT2D eigenvalue weighted by molar-refractivity contribution is -0.132. The zero-order valence-corrected chi connectivity index (χ0v) is 15.5. The summed E-state index contributed by atoms with van der Waals surface area (Å²) in [5, 5.41) is 3.51. The third-order valence-corrected chi connectivity index (χ3v) is 4.29. The second-order valence-electron chi connectivity index (χ2n) is 8.75.